The fourth-order valence-corrected chi connectivity index (χ4v) is 2.20. The number of nitro benzene ring substituents is 1. The molecule has 0 aliphatic heterocycles. The lowest BCUT2D eigenvalue weighted by Gasteiger charge is -2.20. The summed E-state index contributed by atoms with van der Waals surface area (Å²) in [7, 11) is 0. The zero-order valence-corrected chi connectivity index (χ0v) is 11.9. The number of nitro groups is 1. The monoisotopic (exact) mass is 293 g/mol. The number of benzene rings is 1. The van der Waals surface area contributed by atoms with Gasteiger partial charge in [0.15, 0.2) is 12.4 Å². The molecule has 1 fully saturated rings. The Bertz CT molecular complexity index is 543. The number of amides is 1. The summed E-state index contributed by atoms with van der Waals surface area (Å²) in [6, 6.07) is 4.74. The van der Waals surface area contributed by atoms with Crippen LogP contribution in [0.15, 0.2) is 18.2 Å². The molecule has 114 valence electrons. The van der Waals surface area contributed by atoms with Gasteiger partial charge in [0.2, 0.25) is 0 Å². The summed E-state index contributed by atoms with van der Waals surface area (Å²) in [6.45, 7) is 2.59. The number of nitrogens with two attached hydrogens (primary N) is 1. The molecule has 0 aromatic heterocycles. The first-order chi connectivity index (χ1) is 10.1. The smallest absolute Gasteiger partial charge is 0.310 e. The minimum absolute atomic E-state index is 0.0862. The number of hydrogen-bond acceptors (Lipinski definition) is 5. The number of nitrogens with zero attached hydrogens (tertiary/aromatic N) is 2. The molecule has 1 aliphatic carbocycles. The van der Waals surface area contributed by atoms with Gasteiger partial charge in [-0.3, -0.25) is 14.9 Å². The Morgan fingerprint density at radius 3 is 2.76 bits per heavy atom. The molecule has 1 aliphatic rings. The molecule has 0 saturated heterocycles. The van der Waals surface area contributed by atoms with E-state index in [4.69, 9.17) is 10.5 Å². The molecule has 1 aromatic rings. The van der Waals surface area contributed by atoms with Crippen LogP contribution in [0.4, 0.5) is 5.69 Å². The number of carbonyl (C=O) groups excluding carboxylic acids is 1. The quantitative estimate of drug-likeness (QED) is 0.606. The molecule has 1 aromatic carbocycles. The van der Waals surface area contributed by atoms with Crippen LogP contribution < -0.4 is 10.5 Å². The minimum atomic E-state index is -0.529. The van der Waals surface area contributed by atoms with Crippen LogP contribution in [0.25, 0.3) is 0 Å². The van der Waals surface area contributed by atoms with Gasteiger partial charge in [0, 0.05) is 25.2 Å². The van der Waals surface area contributed by atoms with Crippen molar-refractivity contribution in [2.24, 2.45) is 5.73 Å². The van der Waals surface area contributed by atoms with Crippen molar-refractivity contribution in [3.05, 3.63) is 33.9 Å². The van der Waals surface area contributed by atoms with Crippen LogP contribution >= 0.6 is 0 Å². The molecule has 7 nitrogen and oxygen atoms in total. The van der Waals surface area contributed by atoms with Gasteiger partial charge in [-0.15, -0.1) is 0 Å². The largest absolute Gasteiger partial charge is 0.477 e. The van der Waals surface area contributed by atoms with Gasteiger partial charge in [-0.25, -0.2) is 0 Å². The fraction of sp³-hybridized carbons (Fsp3) is 0.500. The van der Waals surface area contributed by atoms with E-state index in [-0.39, 0.29) is 30.5 Å². The molecule has 7 heteroatoms. The topological polar surface area (TPSA) is 98.7 Å². The Kier molecular flexibility index (Phi) is 4.74. The molecule has 0 radical (unpaired) electrons. The number of rotatable bonds is 7. The summed E-state index contributed by atoms with van der Waals surface area (Å²) >= 11 is 0. The molecule has 21 heavy (non-hydrogen) atoms. The van der Waals surface area contributed by atoms with Gasteiger partial charge in [0.1, 0.15) is 0 Å². The van der Waals surface area contributed by atoms with Crippen LogP contribution in [0.1, 0.15) is 25.3 Å². The van der Waals surface area contributed by atoms with Crippen LogP contribution in [0.3, 0.4) is 0 Å². The minimum Gasteiger partial charge on any atom is -0.477 e. The highest BCUT2D eigenvalue weighted by atomic mass is 16.6. The van der Waals surface area contributed by atoms with Crippen molar-refractivity contribution >= 4 is 11.6 Å². The Hall–Kier alpha value is -2.15. The summed E-state index contributed by atoms with van der Waals surface area (Å²) in [5.41, 5.74) is 6.08. The summed E-state index contributed by atoms with van der Waals surface area (Å²) in [5, 5.41) is 11.0. The van der Waals surface area contributed by atoms with Gasteiger partial charge in [0.25, 0.3) is 5.91 Å². The molecular formula is C14H19N3O4. The van der Waals surface area contributed by atoms with E-state index in [0.717, 1.165) is 18.4 Å². The maximum absolute atomic E-state index is 12.1. The van der Waals surface area contributed by atoms with Crippen molar-refractivity contribution in [2.45, 2.75) is 32.4 Å². The summed E-state index contributed by atoms with van der Waals surface area (Å²) in [5.74, 6) is -0.0596. The third-order valence-electron chi connectivity index (χ3n) is 3.46. The number of likely N-dealkylation sites (N-methyl/N-ethyl adjacent to an activating group) is 1. The molecule has 1 amide bonds. The summed E-state index contributed by atoms with van der Waals surface area (Å²) < 4.78 is 5.38. The third-order valence-corrected chi connectivity index (χ3v) is 3.46. The molecule has 2 rings (SSSR count). The van der Waals surface area contributed by atoms with E-state index in [1.807, 2.05) is 6.92 Å². The standard InChI is InChI=1S/C14H19N3O4/c1-2-16(11-4-5-11)14(18)9-21-13-7-10(8-15)3-6-12(13)17(19)20/h3,6-7,11H,2,4-5,8-9,15H2,1H3. The molecule has 2 N–H and O–H groups in total. The number of carbonyl (C=O) groups is 1. The van der Waals surface area contributed by atoms with Crippen molar-refractivity contribution < 1.29 is 14.5 Å². The molecule has 0 unspecified atom stereocenters. The Balaban J connectivity index is 2.07. The molecule has 0 spiro atoms. The van der Waals surface area contributed by atoms with Crippen molar-refractivity contribution in [1.29, 1.82) is 0 Å². The second-order valence-electron chi connectivity index (χ2n) is 4.96. The predicted octanol–water partition coefficient (Wildman–Crippen LogP) is 1.44. The van der Waals surface area contributed by atoms with Crippen LogP contribution in [-0.2, 0) is 11.3 Å². The van der Waals surface area contributed by atoms with Crippen LogP contribution in [0.2, 0.25) is 0 Å². The van der Waals surface area contributed by atoms with Crippen molar-refractivity contribution in [3.8, 4) is 5.75 Å². The van der Waals surface area contributed by atoms with Gasteiger partial charge in [-0.05, 0) is 31.4 Å². The van der Waals surface area contributed by atoms with E-state index < -0.39 is 4.92 Å². The summed E-state index contributed by atoms with van der Waals surface area (Å²) in [4.78, 5) is 24.3. The van der Waals surface area contributed by atoms with E-state index in [1.54, 1.807) is 11.0 Å². The predicted molar refractivity (Wildman–Crippen MR) is 76.9 cm³/mol. The van der Waals surface area contributed by atoms with E-state index in [1.165, 1.54) is 12.1 Å². The van der Waals surface area contributed by atoms with Gasteiger partial charge in [-0.1, -0.05) is 6.07 Å². The number of ether oxygens (including phenoxy) is 1. The van der Waals surface area contributed by atoms with Gasteiger partial charge >= 0.3 is 5.69 Å². The van der Waals surface area contributed by atoms with E-state index in [9.17, 15) is 14.9 Å². The maximum Gasteiger partial charge on any atom is 0.310 e. The first-order valence-electron chi connectivity index (χ1n) is 6.96. The Morgan fingerprint density at radius 1 is 1.52 bits per heavy atom. The lowest BCUT2D eigenvalue weighted by Crippen LogP contribution is -2.36. The molecule has 0 heterocycles. The average Bonchev–Trinajstić information content (AvgIpc) is 3.30. The van der Waals surface area contributed by atoms with Crippen molar-refractivity contribution in [2.75, 3.05) is 13.2 Å². The van der Waals surface area contributed by atoms with E-state index in [0.29, 0.717) is 12.6 Å². The second kappa shape index (κ2) is 6.53. The van der Waals surface area contributed by atoms with Gasteiger partial charge in [-0.2, -0.15) is 0 Å². The average molecular weight is 293 g/mol. The highest BCUT2D eigenvalue weighted by Crippen LogP contribution is 2.29. The van der Waals surface area contributed by atoms with Crippen molar-refractivity contribution in [1.82, 2.24) is 4.90 Å². The Morgan fingerprint density at radius 2 is 2.24 bits per heavy atom. The maximum atomic E-state index is 12.1. The first-order valence-corrected chi connectivity index (χ1v) is 6.96. The van der Waals surface area contributed by atoms with Crippen LogP contribution in [0.5, 0.6) is 5.75 Å². The molecule has 0 bridgehead atoms. The lowest BCUT2D eigenvalue weighted by atomic mass is 10.2. The second-order valence-corrected chi connectivity index (χ2v) is 4.96. The zero-order chi connectivity index (χ0) is 15.4. The molecule has 0 atom stereocenters. The molecule has 1 saturated carbocycles. The molecular weight excluding hydrogens is 274 g/mol. The highest BCUT2D eigenvalue weighted by Gasteiger charge is 2.31. The van der Waals surface area contributed by atoms with Gasteiger partial charge in [0.05, 0.1) is 4.92 Å². The highest BCUT2D eigenvalue weighted by molar-refractivity contribution is 5.78. The Labute approximate surface area is 122 Å². The fourth-order valence-electron chi connectivity index (χ4n) is 2.20. The first kappa shape index (κ1) is 15.2. The lowest BCUT2D eigenvalue weighted by molar-refractivity contribution is -0.385. The van der Waals surface area contributed by atoms with Crippen LogP contribution in [-0.4, -0.2) is 34.9 Å². The normalized spacial score (nSPS) is 13.8. The zero-order valence-electron chi connectivity index (χ0n) is 11.9. The van der Waals surface area contributed by atoms with E-state index >= 15 is 0 Å². The summed E-state index contributed by atoms with van der Waals surface area (Å²) in [6.07, 6.45) is 2.03. The van der Waals surface area contributed by atoms with Gasteiger partial charge < -0.3 is 15.4 Å². The number of hydrogen-bond donors (Lipinski definition) is 1. The van der Waals surface area contributed by atoms with Crippen LogP contribution in [0, 0.1) is 10.1 Å². The SMILES string of the molecule is CCN(C(=O)COc1cc(CN)ccc1[N+](=O)[O-])C1CC1. The third kappa shape index (κ3) is 3.69. The van der Waals surface area contributed by atoms with Crippen molar-refractivity contribution in [3.63, 3.8) is 0 Å². The van der Waals surface area contributed by atoms with E-state index in [2.05, 4.69) is 0 Å².